The molecule has 0 aliphatic rings. The fraction of sp³-hybridized carbons (Fsp3) is 0.211. The van der Waals surface area contributed by atoms with E-state index in [4.69, 9.17) is 9.15 Å². The summed E-state index contributed by atoms with van der Waals surface area (Å²) >= 11 is 0. The summed E-state index contributed by atoms with van der Waals surface area (Å²) in [5.74, 6) is 0.124. The Balaban J connectivity index is 1.90. The van der Waals surface area contributed by atoms with E-state index < -0.39 is 11.5 Å². The lowest BCUT2D eigenvalue weighted by molar-refractivity contribution is 0.0947. The third-order valence-electron chi connectivity index (χ3n) is 4.04. The molecule has 3 rings (SSSR count). The molecule has 3 aromatic rings. The van der Waals surface area contributed by atoms with Gasteiger partial charge in [0.1, 0.15) is 11.3 Å². The molecule has 0 spiro atoms. The summed E-state index contributed by atoms with van der Waals surface area (Å²) in [7, 11) is 1.56. The second-order valence-corrected chi connectivity index (χ2v) is 5.75. The van der Waals surface area contributed by atoms with Crippen molar-refractivity contribution < 1.29 is 19.1 Å². The van der Waals surface area contributed by atoms with Crippen molar-refractivity contribution >= 4 is 16.9 Å². The second kappa shape index (κ2) is 7.37. The molecule has 1 amide bonds. The lowest BCUT2D eigenvalue weighted by Crippen LogP contribution is -2.28. The molecule has 26 heavy (non-hydrogen) atoms. The Morgan fingerprint density at radius 1 is 1.35 bits per heavy atom. The Labute approximate surface area is 149 Å². The first-order valence-corrected chi connectivity index (χ1v) is 7.97. The first kappa shape index (κ1) is 17.6. The van der Waals surface area contributed by atoms with Crippen LogP contribution in [0, 0.1) is 6.92 Å². The maximum Gasteiger partial charge on any atom is 0.349 e. The van der Waals surface area contributed by atoms with E-state index >= 15 is 0 Å². The van der Waals surface area contributed by atoms with Crippen LogP contribution < -0.4 is 15.7 Å². The zero-order valence-corrected chi connectivity index (χ0v) is 14.4. The number of nitrogens with one attached hydrogen (secondary N) is 1. The predicted octanol–water partition coefficient (Wildman–Crippen LogP) is 1.93. The number of fused-ring (bicyclic) bond motifs is 1. The van der Waals surface area contributed by atoms with Gasteiger partial charge in [0.25, 0.3) is 5.91 Å². The minimum absolute atomic E-state index is 0.124. The number of aryl methyl sites for hydroxylation is 1. The van der Waals surface area contributed by atoms with E-state index in [0.717, 1.165) is 5.56 Å². The summed E-state index contributed by atoms with van der Waals surface area (Å²) in [6, 6.07) is 8.68. The number of aromatic nitrogens is 1. The molecule has 0 saturated carbocycles. The van der Waals surface area contributed by atoms with E-state index in [-0.39, 0.29) is 24.3 Å². The molecule has 0 atom stereocenters. The number of aliphatic hydroxyl groups excluding tert-OH is 1. The molecule has 2 aromatic heterocycles. The summed E-state index contributed by atoms with van der Waals surface area (Å²) < 4.78 is 10.4. The van der Waals surface area contributed by atoms with E-state index in [9.17, 15) is 14.7 Å². The molecule has 0 aliphatic heterocycles. The molecule has 7 nitrogen and oxygen atoms in total. The van der Waals surface area contributed by atoms with Crippen molar-refractivity contribution in [3.8, 4) is 5.75 Å². The third kappa shape index (κ3) is 3.43. The third-order valence-corrected chi connectivity index (χ3v) is 4.04. The highest BCUT2D eigenvalue weighted by Gasteiger charge is 2.16. The normalized spacial score (nSPS) is 10.7. The number of rotatable bonds is 5. The Bertz CT molecular complexity index is 1030. The zero-order chi connectivity index (χ0) is 18.7. The van der Waals surface area contributed by atoms with Crippen LogP contribution in [0.4, 0.5) is 0 Å². The highest BCUT2D eigenvalue weighted by atomic mass is 16.5. The average molecular weight is 354 g/mol. The highest BCUT2D eigenvalue weighted by Crippen LogP contribution is 2.20. The van der Waals surface area contributed by atoms with Crippen molar-refractivity contribution in [1.29, 1.82) is 0 Å². The minimum atomic E-state index is -0.749. The molecule has 2 N–H and O–H groups in total. The van der Waals surface area contributed by atoms with Crippen LogP contribution in [-0.2, 0) is 13.2 Å². The van der Waals surface area contributed by atoms with Crippen LogP contribution >= 0.6 is 0 Å². The van der Waals surface area contributed by atoms with Gasteiger partial charge in [-0.05, 0) is 30.7 Å². The molecule has 0 fully saturated rings. The molecular formula is C19H18N2O5. The maximum absolute atomic E-state index is 12.4. The van der Waals surface area contributed by atoms with Crippen LogP contribution in [0.1, 0.15) is 27.2 Å². The van der Waals surface area contributed by atoms with E-state index in [2.05, 4.69) is 10.3 Å². The summed E-state index contributed by atoms with van der Waals surface area (Å²) in [5.41, 5.74) is 1.22. The summed E-state index contributed by atoms with van der Waals surface area (Å²) in [6.45, 7) is 1.65. The summed E-state index contributed by atoms with van der Waals surface area (Å²) in [4.78, 5) is 28.7. The van der Waals surface area contributed by atoms with Gasteiger partial charge in [-0.3, -0.25) is 9.78 Å². The van der Waals surface area contributed by atoms with Crippen LogP contribution in [0.2, 0.25) is 0 Å². The number of pyridine rings is 1. The minimum Gasteiger partial charge on any atom is -0.497 e. The molecule has 7 heteroatoms. The number of nitrogens with zero attached hydrogens (tertiary/aromatic N) is 1. The monoisotopic (exact) mass is 354 g/mol. The predicted molar refractivity (Wildman–Crippen MR) is 95.1 cm³/mol. The van der Waals surface area contributed by atoms with Gasteiger partial charge in [0.2, 0.25) is 0 Å². The highest BCUT2D eigenvalue weighted by molar-refractivity contribution is 5.97. The van der Waals surface area contributed by atoms with Gasteiger partial charge >= 0.3 is 5.63 Å². The molecule has 0 bridgehead atoms. The van der Waals surface area contributed by atoms with Crippen LogP contribution in [0.15, 0.2) is 45.7 Å². The maximum atomic E-state index is 12.4. The van der Waals surface area contributed by atoms with Crippen molar-refractivity contribution in [1.82, 2.24) is 10.3 Å². The number of aliphatic hydroxyl groups is 1. The van der Waals surface area contributed by atoms with Crippen LogP contribution in [0.5, 0.6) is 5.75 Å². The summed E-state index contributed by atoms with van der Waals surface area (Å²) in [6.07, 6.45) is 1.50. The topological polar surface area (TPSA) is 102 Å². The fourth-order valence-electron chi connectivity index (χ4n) is 2.63. The van der Waals surface area contributed by atoms with Gasteiger partial charge in [-0.1, -0.05) is 12.1 Å². The number of carbonyl (C=O) groups excluding carboxylic acids is 1. The van der Waals surface area contributed by atoms with Crippen molar-refractivity contribution in [2.75, 3.05) is 7.11 Å². The first-order chi connectivity index (χ1) is 12.5. The van der Waals surface area contributed by atoms with E-state index in [1.165, 1.54) is 12.3 Å². The van der Waals surface area contributed by atoms with E-state index in [1.807, 2.05) is 12.1 Å². The van der Waals surface area contributed by atoms with Gasteiger partial charge in [0.15, 0.2) is 5.58 Å². The number of carbonyl (C=O) groups is 1. The van der Waals surface area contributed by atoms with Gasteiger partial charge < -0.3 is 19.6 Å². The van der Waals surface area contributed by atoms with Gasteiger partial charge in [-0.2, -0.15) is 0 Å². The summed E-state index contributed by atoms with van der Waals surface area (Å²) in [5, 5.41) is 12.6. The molecule has 134 valence electrons. The van der Waals surface area contributed by atoms with Crippen LogP contribution in [0.3, 0.4) is 0 Å². The Hall–Kier alpha value is -3.19. The number of benzene rings is 1. The lowest BCUT2D eigenvalue weighted by Gasteiger charge is -2.09. The van der Waals surface area contributed by atoms with Gasteiger partial charge in [-0.15, -0.1) is 0 Å². The number of ether oxygens (including phenoxy) is 1. The van der Waals surface area contributed by atoms with Gasteiger partial charge in [0.05, 0.1) is 19.4 Å². The Morgan fingerprint density at radius 2 is 2.15 bits per heavy atom. The van der Waals surface area contributed by atoms with Crippen LogP contribution in [-0.4, -0.2) is 23.1 Å². The fourth-order valence-corrected chi connectivity index (χ4v) is 2.63. The second-order valence-electron chi connectivity index (χ2n) is 5.75. The van der Waals surface area contributed by atoms with Crippen molar-refractivity contribution in [2.24, 2.45) is 0 Å². The quantitative estimate of drug-likeness (QED) is 0.726. The van der Waals surface area contributed by atoms with E-state index in [0.29, 0.717) is 22.4 Å². The number of amides is 1. The Morgan fingerprint density at radius 3 is 2.88 bits per heavy atom. The van der Waals surface area contributed by atoms with Crippen molar-refractivity contribution in [3.05, 3.63) is 69.3 Å². The molecule has 0 unspecified atom stereocenters. The largest absolute Gasteiger partial charge is 0.497 e. The number of hydrogen-bond donors (Lipinski definition) is 2. The van der Waals surface area contributed by atoms with Crippen molar-refractivity contribution in [2.45, 2.75) is 20.1 Å². The first-order valence-electron chi connectivity index (χ1n) is 7.97. The average Bonchev–Trinajstić information content (AvgIpc) is 2.66. The zero-order valence-electron chi connectivity index (χ0n) is 14.4. The molecular weight excluding hydrogens is 336 g/mol. The van der Waals surface area contributed by atoms with Crippen molar-refractivity contribution in [3.63, 3.8) is 0 Å². The standard InChI is InChI=1S/C19H18N2O5/c1-11-17-15(13(10-22)9-20-11)7-16(19(24)26-17)18(23)21-8-12-4-3-5-14(6-12)25-2/h3-7,9,22H,8,10H2,1-2H3,(H,21,23). The molecule has 1 aromatic carbocycles. The number of hydrogen-bond acceptors (Lipinski definition) is 6. The van der Waals surface area contributed by atoms with E-state index in [1.54, 1.807) is 26.2 Å². The SMILES string of the molecule is COc1cccc(CNC(=O)c2cc3c(CO)cnc(C)c3oc2=O)c1. The molecule has 0 radical (unpaired) electrons. The lowest BCUT2D eigenvalue weighted by atomic mass is 10.1. The molecule has 0 aliphatic carbocycles. The molecule has 2 heterocycles. The smallest absolute Gasteiger partial charge is 0.349 e. The van der Waals surface area contributed by atoms with Gasteiger partial charge in [0, 0.05) is 23.7 Å². The van der Waals surface area contributed by atoms with Gasteiger partial charge in [-0.25, -0.2) is 4.79 Å². The molecule has 0 saturated heterocycles. The number of methoxy groups -OCH3 is 1. The van der Waals surface area contributed by atoms with Crippen LogP contribution in [0.25, 0.3) is 11.0 Å². The Kier molecular flexibility index (Phi) is 4.99.